The van der Waals surface area contributed by atoms with Crippen molar-refractivity contribution in [3.8, 4) is 0 Å². The van der Waals surface area contributed by atoms with Crippen LogP contribution in [0.15, 0.2) is 36.5 Å². The van der Waals surface area contributed by atoms with Crippen LogP contribution < -0.4 is 5.32 Å². The second-order valence-electron chi connectivity index (χ2n) is 27.0. The molecule has 0 aliphatic heterocycles. The second kappa shape index (κ2) is 66.1. The third-order valence-corrected chi connectivity index (χ3v) is 18.3. The Morgan fingerprint density at radius 1 is 0.393 bits per heavy atom. The highest BCUT2D eigenvalue weighted by Gasteiger charge is 2.28. The number of hydrogen-bond donors (Lipinski definition) is 3. The van der Waals surface area contributed by atoms with Gasteiger partial charge in [-0.1, -0.05) is 371 Å². The summed E-state index contributed by atoms with van der Waals surface area (Å²) in [7, 11) is 1.56. The Morgan fingerprint density at radius 2 is 0.655 bits per heavy atom. The number of allylic oxidation sites excluding steroid dienone is 5. The van der Waals surface area contributed by atoms with E-state index in [0.29, 0.717) is 17.4 Å². The summed E-state index contributed by atoms with van der Waals surface area (Å²) in [5, 5.41) is 14.0. The molecular weight excluding hydrogens is 1060 g/mol. The zero-order chi connectivity index (χ0) is 61.2. The maximum Gasteiger partial charge on any atom is 0.472 e. The smallest absolute Gasteiger partial charge is 0.387 e. The Kier molecular flexibility index (Phi) is 65.1. The number of aliphatic hydroxyl groups is 1. The lowest BCUT2D eigenvalue weighted by molar-refractivity contribution is -0.870. The van der Waals surface area contributed by atoms with E-state index in [9.17, 15) is 19.4 Å². The van der Waals surface area contributed by atoms with Gasteiger partial charge in [0.25, 0.3) is 0 Å². The van der Waals surface area contributed by atoms with Crippen molar-refractivity contribution in [2.45, 2.75) is 398 Å². The Balaban J connectivity index is 3.99. The zero-order valence-electron chi connectivity index (χ0n) is 57.2. The highest BCUT2D eigenvalue weighted by Crippen LogP contribution is 2.43. The summed E-state index contributed by atoms with van der Waals surface area (Å²) in [6, 6.07) is -0.870. The normalized spacial score (nSPS) is 13.8. The molecule has 0 spiro atoms. The average molecular weight is 1200 g/mol. The number of nitrogens with one attached hydrogen (secondary N) is 1. The van der Waals surface area contributed by atoms with Crippen LogP contribution in [0.5, 0.6) is 0 Å². The van der Waals surface area contributed by atoms with Crippen LogP contribution in [0, 0.1) is 0 Å². The van der Waals surface area contributed by atoms with Gasteiger partial charge in [-0.15, -0.1) is 0 Å². The molecule has 3 N–H and O–H groups in total. The van der Waals surface area contributed by atoms with Gasteiger partial charge >= 0.3 is 7.82 Å². The van der Waals surface area contributed by atoms with Crippen LogP contribution in [0.1, 0.15) is 386 Å². The van der Waals surface area contributed by atoms with Crippen molar-refractivity contribution in [3.05, 3.63) is 36.5 Å². The Labute approximate surface area is 525 Å². The molecule has 1 amide bonds. The molecule has 0 aromatic rings. The van der Waals surface area contributed by atoms with Crippen molar-refractivity contribution in [2.75, 3.05) is 40.9 Å². The first-order chi connectivity index (χ1) is 41.0. The quantitative estimate of drug-likeness (QED) is 0.0243. The van der Waals surface area contributed by atoms with Gasteiger partial charge in [-0.3, -0.25) is 13.8 Å². The van der Waals surface area contributed by atoms with Crippen molar-refractivity contribution in [1.82, 2.24) is 5.32 Å². The number of phosphoric ester groups is 1. The highest BCUT2D eigenvalue weighted by molar-refractivity contribution is 7.47. The van der Waals surface area contributed by atoms with E-state index >= 15 is 0 Å². The van der Waals surface area contributed by atoms with Crippen LogP contribution in [0.2, 0.25) is 0 Å². The Morgan fingerprint density at radius 3 is 0.952 bits per heavy atom. The van der Waals surface area contributed by atoms with Crippen molar-refractivity contribution >= 4 is 13.7 Å². The summed E-state index contributed by atoms with van der Waals surface area (Å²) >= 11 is 0. The number of quaternary nitrogens is 1. The lowest BCUT2D eigenvalue weighted by Crippen LogP contribution is -2.45. The topological polar surface area (TPSA) is 105 Å². The van der Waals surface area contributed by atoms with Gasteiger partial charge in [-0.2, -0.15) is 0 Å². The first-order valence-electron chi connectivity index (χ1n) is 37.4. The number of carbonyl (C=O) groups is 1. The van der Waals surface area contributed by atoms with Gasteiger partial charge in [0, 0.05) is 6.42 Å². The lowest BCUT2D eigenvalue weighted by atomic mass is 10.0. The van der Waals surface area contributed by atoms with E-state index in [1.807, 2.05) is 27.2 Å². The maximum atomic E-state index is 13.1. The molecule has 0 aliphatic carbocycles. The molecular formula is C75H148N2O6P+. The first-order valence-corrected chi connectivity index (χ1v) is 38.9. The predicted octanol–water partition coefficient (Wildman–Crippen LogP) is 24.0. The number of likely N-dealkylation sites (N-methyl/N-ethyl adjacent to an activating group) is 1. The van der Waals surface area contributed by atoms with E-state index in [4.69, 9.17) is 9.05 Å². The third-order valence-electron chi connectivity index (χ3n) is 17.3. The molecule has 0 heterocycles. The predicted molar refractivity (Wildman–Crippen MR) is 369 cm³/mol. The van der Waals surface area contributed by atoms with E-state index in [1.54, 1.807) is 6.08 Å². The minimum absolute atomic E-state index is 0.0555. The van der Waals surface area contributed by atoms with Crippen LogP contribution in [0.4, 0.5) is 0 Å². The molecule has 0 rings (SSSR count). The molecule has 84 heavy (non-hydrogen) atoms. The molecule has 0 aromatic heterocycles. The largest absolute Gasteiger partial charge is 0.472 e. The molecule has 498 valence electrons. The minimum Gasteiger partial charge on any atom is -0.387 e. The van der Waals surface area contributed by atoms with E-state index < -0.39 is 20.0 Å². The first kappa shape index (κ1) is 82.7. The molecule has 9 heteroatoms. The number of phosphoric acid groups is 1. The van der Waals surface area contributed by atoms with Gasteiger partial charge in [0.2, 0.25) is 5.91 Å². The molecule has 0 bridgehead atoms. The SMILES string of the molecule is CCCCCCCCCCCCCCCCC/C=C/CC/C=C/CC/C=C/C(O)C(COP(=O)(O)OCC[N+](C)(C)C)NC(=O)CCCCCCCCCCCCCCCCCCCCCCCCCCCCCCCCCCCCCCC. The number of unbranched alkanes of at least 4 members (excludes halogenated alkanes) is 53. The van der Waals surface area contributed by atoms with Crippen molar-refractivity contribution in [1.29, 1.82) is 0 Å². The van der Waals surface area contributed by atoms with Gasteiger partial charge in [-0.25, -0.2) is 4.57 Å². The fraction of sp³-hybridized carbons (Fsp3) is 0.907. The zero-order valence-corrected chi connectivity index (χ0v) is 58.1. The van der Waals surface area contributed by atoms with Crippen molar-refractivity contribution < 1.29 is 32.9 Å². The lowest BCUT2D eigenvalue weighted by Gasteiger charge is -2.25. The van der Waals surface area contributed by atoms with Gasteiger partial charge < -0.3 is 19.8 Å². The van der Waals surface area contributed by atoms with Crippen LogP contribution in [0.3, 0.4) is 0 Å². The number of carbonyl (C=O) groups excluding carboxylic acids is 1. The number of nitrogens with zero attached hydrogens (tertiary/aromatic N) is 1. The third kappa shape index (κ3) is 68.2. The van der Waals surface area contributed by atoms with Gasteiger partial charge in [0.1, 0.15) is 13.2 Å². The molecule has 0 fully saturated rings. The van der Waals surface area contributed by atoms with E-state index in [2.05, 4.69) is 43.5 Å². The number of amides is 1. The van der Waals surface area contributed by atoms with Crippen LogP contribution in [-0.4, -0.2) is 73.4 Å². The van der Waals surface area contributed by atoms with E-state index in [-0.39, 0.29) is 19.1 Å². The fourth-order valence-electron chi connectivity index (χ4n) is 11.6. The summed E-state index contributed by atoms with van der Waals surface area (Å²) < 4.78 is 23.8. The minimum atomic E-state index is -4.37. The second-order valence-corrected chi connectivity index (χ2v) is 28.5. The van der Waals surface area contributed by atoms with Crippen molar-refractivity contribution in [2.24, 2.45) is 0 Å². The summed E-state index contributed by atoms with van der Waals surface area (Å²) in [4.78, 5) is 23.4. The molecule has 8 nitrogen and oxygen atoms in total. The summed E-state index contributed by atoms with van der Waals surface area (Å²) in [6.45, 7) is 4.85. The monoisotopic (exact) mass is 1200 g/mol. The van der Waals surface area contributed by atoms with Crippen LogP contribution in [-0.2, 0) is 18.4 Å². The number of hydrogen-bond acceptors (Lipinski definition) is 5. The molecule has 0 saturated carbocycles. The Hall–Kier alpha value is -1.28. The van der Waals surface area contributed by atoms with Crippen LogP contribution >= 0.6 is 7.82 Å². The summed E-state index contributed by atoms with van der Waals surface area (Å²) in [5.74, 6) is -0.183. The summed E-state index contributed by atoms with van der Waals surface area (Å²) in [5.41, 5.74) is 0. The standard InChI is InChI=1S/C75H147N2O6P/c1-6-8-10-12-14-16-18-20-22-24-26-28-30-32-33-34-35-36-37-38-39-40-41-42-43-45-47-49-51-53-55-57-59-61-63-65-67-69-75(79)76-73(72-83-84(80,81)82-71-70-77(3,4)5)74(78)68-66-64-62-60-58-56-54-52-50-48-46-44-31-29-27-25-23-21-19-17-15-13-11-9-7-2/h50,52,58,60,66,68,73-74,78H,6-49,51,53-57,59,61-65,67,69-72H2,1-5H3,(H-,76,79,80,81)/p+1/b52-50+,60-58+,68-66+. The van der Waals surface area contributed by atoms with Gasteiger partial charge in [0.15, 0.2) is 0 Å². The average Bonchev–Trinajstić information content (AvgIpc) is 3.56. The maximum absolute atomic E-state index is 13.1. The van der Waals surface area contributed by atoms with Gasteiger partial charge in [0.05, 0.1) is 39.9 Å². The highest BCUT2D eigenvalue weighted by atomic mass is 31.2. The molecule has 0 aromatic carbocycles. The fourth-order valence-corrected chi connectivity index (χ4v) is 12.3. The molecule has 0 radical (unpaired) electrons. The van der Waals surface area contributed by atoms with Crippen LogP contribution in [0.25, 0.3) is 0 Å². The summed E-state index contributed by atoms with van der Waals surface area (Å²) in [6.07, 6.45) is 89.0. The van der Waals surface area contributed by atoms with Crippen molar-refractivity contribution in [3.63, 3.8) is 0 Å². The van der Waals surface area contributed by atoms with E-state index in [0.717, 1.165) is 44.9 Å². The molecule has 3 unspecified atom stereocenters. The molecule has 3 atom stereocenters. The number of aliphatic hydroxyl groups excluding tert-OH is 1. The van der Waals surface area contributed by atoms with E-state index in [1.165, 1.54) is 321 Å². The molecule has 0 aliphatic rings. The van der Waals surface area contributed by atoms with Gasteiger partial charge in [-0.05, 0) is 44.9 Å². The number of rotatable bonds is 70. The Bertz CT molecular complexity index is 1460. The molecule has 0 saturated heterocycles.